The first-order valence-electron chi connectivity index (χ1n) is 10.9. The molecule has 1 aromatic heterocycles. The lowest BCUT2D eigenvalue weighted by Gasteiger charge is -2.43. The molecule has 1 aliphatic carbocycles. The SMILES string of the molecule is O=C1NC2CC(c3ccccc3Cl)CCC2C(=O)N1c1cnccc1N1CCNCC1. The van der Waals surface area contributed by atoms with E-state index in [2.05, 4.69) is 20.5 Å². The van der Waals surface area contributed by atoms with Crippen LogP contribution in [0.4, 0.5) is 16.2 Å². The van der Waals surface area contributed by atoms with Crippen LogP contribution in [0.2, 0.25) is 5.02 Å². The molecule has 2 saturated heterocycles. The van der Waals surface area contributed by atoms with E-state index in [9.17, 15) is 9.59 Å². The fraction of sp³-hybridized carbons (Fsp3) is 0.435. The number of nitrogens with one attached hydrogen (secondary N) is 2. The van der Waals surface area contributed by atoms with Gasteiger partial charge in [-0.15, -0.1) is 0 Å². The van der Waals surface area contributed by atoms with Gasteiger partial charge in [0.15, 0.2) is 0 Å². The summed E-state index contributed by atoms with van der Waals surface area (Å²) in [5.41, 5.74) is 2.54. The van der Waals surface area contributed by atoms with E-state index in [1.54, 1.807) is 12.4 Å². The molecule has 1 aromatic carbocycles. The predicted molar refractivity (Wildman–Crippen MR) is 121 cm³/mol. The van der Waals surface area contributed by atoms with Gasteiger partial charge in [-0.05, 0) is 42.9 Å². The number of pyridine rings is 1. The maximum atomic E-state index is 13.5. The number of imide groups is 1. The Kier molecular flexibility index (Phi) is 5.54. The number of hydrogen-bond acceptors (Lipinski definition) is 5. The molecule has 0 radical (unpaired) electrons. The molecule has 162 valence electrons. The van der Waals surface area contributed by atoms with Crippen LogP contribution in [0.3, 0.4) is 0 Å². The highest BCUT2D eigenvalue weighted by molar-refractivity contribution is 6.31. The first-order valence-corrected chi connectivity index (χ1v) is 11.3. The Morgan fingerprint density at radius 1 is 1.03 bits per heavy atom. The van der Waals surface area contributed by atoms with Gasteiger partial charge >= 0.3 is 6.03 Å². The van der Waals surface area contributed by atoms with Crippen molar-refractivity contribution in [3.8, 4) is 0 Å². The minimum Gasteiger partial charge on any atom is -0.367 e. The molecule has 2 aromatic rings. The Morgan fingerprint density at radius 3 is 2.65 bits per heavy atom. The smallest absolute Gasteiger partial charge is 0.329 e. The van der Waals surface area contributed by atoms with Gasteiger partial charge in [-0.3, -0.25) is 9.78 Å². The lowest BCUT2D eigenvalue weighted by atomic mass is 9.74. The highest BCUT2D eigenvalue weighted by Gasteiger charge is 2.46. The van der Waals surface area contributed by atoms with Gasteiger partial charge in [0.1, 0.15) is 0 Å². The van der Waals surface area contributed by atoms with E-state index >= 15 is 0 Å². The summed E-state index contributed by atoms with van der Waals surface area (Å²) in [6.45, 7) is 3.39. The van der Waals surface area contributed by atoms with Crippen molar-refractivity contribution in [2.24, 2.45) is 5.92 Å². The van der Waals surface area contributed by atoms with E-state index in [1.807, 2.05) is 30.3 Å². The van der Waals surface area contributed by atoms with Crippen molar-refractivity contribution in [3.63, 3.8) is 0 Å². The fourth-order valence-corrected chi connectivity index (χ4v) is 5.45. The number of halogens is 1. The quantitative estimate of drug-likeness (QED) is 0.768. The van der Waals surface area contributed by atoms with Gasteiger partial charge in [-0.1, -0.05) is 29.8 Å². The molecule has 8 heteroatoms. The van der Waals surface area contributed by atoms with E-state index in [4.69, 9.17) is 11.6 Å². The minimum atomic E-state index is -0.365. The maximum Gasteiger partial charge on any atom is 0.329 e. The third-order valence-corrected chi connectivity index (χ3v) is 7.07. The van der Waals surface area contributed by atoms with Crippen molar-refractivity contribution in [2.45, 2.75) is 31.2 Å². The van der Waals surface area contributed by atoms with Gasteiger partial charge in [-0.25, -0.2) is 9.69 Å². The Labute approximate surface area is 186 Å². The van der Waals surface area contributed by atoms with Crippen LogP contribution in [-0.2, 0) is 4.79 Å². The lowest BCUT2D eigenvalue weighted by molar-refractivity contribution is -0.124. The zero-order valence-corrected chi connectivity index (χ0v) is 18.0. The summed E-state index contributed by atoms with van der Waals surface area (Å²) in [7, 11) is 0. The number of urea groups is 1. The monoisotopic (exact) mass is 439 g/mol. The molecule has 3 amide bonds. The van der Waals surface area contributed by atoms with E-state index < -0.39 is 0 Å². The number of rotatable bonds is 3. The molecule has 7 nitrogen and oxygen atoms in total. The van der Waals surface area contributed by atoms with E-state index in [0.717, 1.165) is 61.7 Å². The number of benzene rings is 1. The molecule has 31 heavy (non-hydrogen) atoms. The second-order valence-corrected chi connectivity index (χ2v) is 8.88. The van der Waals surface area contributed by atoms with Crippen molar-refractivity contribution in [1.29, 1.82) is 0 Å². The molecule has 2 N–H and O–H groups in total. The summed E-state index contributed by atoms with van der Waals surface area (Å²) in [6, 6.07) is 9.20. The van der Waals surface area contributed by atoms with Crippen molar-refractivity contribution < 1.29 is 9.59 Å². The van der Waals surface area contributed by atoms with Gasteiger partial charge in [-0.2, -0.15) is 0 Å². The average Bonchev–Trinajstić information content (AvgIpc) is 2.80. The summed E-state index contributed by atoms with van der Waals surface area (Å²) < 4.78 is 0. The summed E-state index contributed by atoms with van der Waals surface area (Å²) in [5, 5.41) is 7.19. The maximum absolute atomic E-state index is 13.5. The van der Waals surface area contributed by atoms with Crippen molar-refractivity contribution in [3.05, 3.63) is 53.3 Å². The third-order valence-electron chi connectivity index (χ3n) is 6.72. The minimum absolute atomic E-state index is 0.129. The fourth-order valence-electron chi connectivity index (χ4n) is 5.16. The number of carbonyl (C=O) groups excluding carboxylic acids is 2. The number of hydrogen-bond donors (Lipinski definition) is 2. The van der Waals surface area contributed by atoms with Crippen LogP contribution in [0.5, 0.6) is 0 Å². The first-order chi connectivity index (χ1) is 15.1. The van der Waals surface area contributed by atoms with E-state index in [-0.39, 0.29) is 29.8 Å². The van der Waals surface area contributed by atoms with Crippen LogP contribution < -0.4 is 20.4 Å². The van der Waals surface area contributed by atoms with E-state index in [0.29, 0.717) is 5.69 Å². The molecule has 3 aliphatic rings. The summed E-state index contributed by atoms with van der Waals surface area (Å²) >= 11 is 6.41. The molecule has 3 heterocycles. The van der Waals surface area contributed by atoms with Gasteiger partial charge in [0, 0.05) is 43.4 Å². The second-order valence-electron chi connectivity index (χ2n) is 8.47. The highest BCUT2D eigenvalue weighted by atomic mass is 35.5. The number of fused-ring (bicyclic) bond motifs is 1. The van der Waals surface area contributed by atoms with Crippen LogP contribution in [0.1, 0.15) is 30.7 Å². The van der Waals surface area contributed by atoms with Gasteiger partial charge < -0.3 is 15.5 Å². The molecule has 2 aliphatic heterocycles. The Hall–Kier alpha value is -2.64. The molecular weight excluding hydrogens is 414 g/mol. The lowest BCUT2D eigenvalue weighted by Crippen LogP contribution is -2.62. The number of aromatic nitrogens is 1. The van der Waals surface area contributed by atoms with Gasteiger partial charge in [0.2, 0.25) is 5.91 Å². The van der Waals surface area contributed by atoms with Crippen molar-refractivity contribution in [2.75, 3.05) is 36.0 Å². The van der Waals surface area contributed by atoms with Crippen LogP contribution in [0.25, 0.3) is 0 Å². The average molecular weight is 440 g/mol. The van der Waals surface area contributed by atoms with Crippen LogP contribution >= 0.6 is 11.6 Å². The summed E-state index contributed by atoms with van der Waals surface area (Å²) in [4.78, 5) is 34.3. The van der Waals surface area contributed by atoms with Gasteiger partial charge in [0.05, 0.1) is 23.5 Å². The molecule has 0 bridgehead atoms. The van der Waals surface area contributed by atoms with Crippen LogP contribution in [0.15, 0.2) is 42.7 Å². The normalized spacial score (nSPS) is 26.4. The molecule has 3 atom stereocenters. The molecule has 1 saturated carbocycles. The molecule has 3 unspecified atom stereocenters. The van der Waals surface area contributed by atoms with Crippen molar-refractivity contribution in [1.82, 2.24) is 15.6 Å². The standard InChI is InChI=1S/C23H26ClN5O2/c24-18-4-2-1-3-16(18)15-5-6-17-19(13-15)27-23(31)29(22(17)30)21-14-26-8-7-20(21)28-11-9-25-10-12-28/h1-4,7-8,14-15,17,19,25H,5-6,9-13H2,(H,27,31). The Bertz CT molecular complexity index is 993. The number of amides is 3. The first kappa shape index (κ1) is 20.3. The van der Waals surface area contributed by atoms with Crippen molar-refractivity contribution >= 4 is 34.9 Å². The number of anilines is 2. The molecule has 0 spiro atoms. The molecule has 5 rings (SSSR count). The van der Waals surface area contributed by atoms with Crippen LogP contribution in [0, 0.1) is 5.92 Å². The predicted octanol–water partition coefficient (Wildman–Crippen LogP) is 3.15. The number of carbonyl (C=O) groups is 2. The molecular formula is C23H26ClN5O2. The topological polar surface area (TPSA) is 77.6 Å². The van der Waals surface area contributed by atoms with Gasteiger partial charge in [0.25, 0.3) is 0 Å². The molecule has 3 fully saturated rings. The van der Waals surface area contributed by atoms with Crippen LogP contribution in [-0.4, -0.2) is 49.1 Å². The largest absolute Gasteiger partial charge is 0.367 e. The summed E-state index contributed by atoms with van der Waals surface area (Å²) in [5.74, 6) is -0.118. The number of nitrogens with zero attached hydrogens (tertiary/aromatic N) is 3. The number of piperazine rings is 1. The van der Waals surface area contributed by atoms with E-state index in [1.165, 1.54) is 4.90 Å². The zero-order valence-electron chi connectivity index (χ0n) is 17.3. The summed E-state index contributed by atoms with van der Waals surface area (Å²) in [6.07, 6.45) is 5.66. The Balaban J connectivity index is 1.39. The zero-order chi connectivity index (χ0) is 21.4. The Morgan fingerprint density at radius 2 is 1.84 bits per heavy atom. The highest BCUT2D eigenvalue weighted by Crippen LogP contribution is 2.42. The third kappa shape index (κ3) is 3.77. The second kappa shape index (κ2) is 8.48.